The molecular weight excluding hydrogens is 273 g/mol. The Morgan fingerprint density at radius 3 is 2.29 bits per heavy atom. The van der Waals surface area contributed by atoms with Gasteiger partial charge in [-0.1, -0.05) is 18.2 Å². The SMILES string of the molecule is CC(C)NC(=O)NC(=O)C(C)NC(C)c1ccccc1F. The van der Waals surface area contributed by atoms with Crippen molar-refractivity contribution in [2.24, 2.45) is 0 Å². The number of imide groups is 1. The number of hydrogen-bond donors (Lipinski definition) is 3. The molecule has 3 N–H and O–H groups in total. The van der Waals surface area contributed by atoms with Crippen LogP contribution in [0, 0.1) is 5.82 Å². The minimum atomic E-state index is -0.627. The van der Waals surface area contributed by atoms with E-state index in [0.717, 1.165) is 0 Å². The number of urea groups is 1. The average Bonchev–Trinajstić information content (AvgIpc) is 2.37. The molecule has 116 valence electrons. The minimum absolute atomic E-state index is 0.0570. The highest BCUT2D eigenvalue weighted by Crippen LogP contribution is 2.16. The van der Waals surface area contributed by atoms with Gasteiger partial charge in [-0.15, -0.1) is 0 Å². The van der Waals surface area contributed by atoms with Gasteiger partial charge >= 0.3 is 6.03 Å². The topological polar surface area (TPSA) is 70.2 Å². The summed E-state index contributed by atoms with van der Waals surface area (Å²) in [6.07, 6.45) is 0. The third-order valence-corrected chi connectivity index (χ3v) is 2.92. The van der Waals surface area contributed by atoms with Crippen LogP contribution in [0.3, 0.4) is 0 Å². The fourth-order valence-electron chi connectivity index (χ4n) is 1.89. The summed E-state index contributed by atoms with van der Waals surface area (Å²) in [5.74, 6) is -0.793. The summed E-state index contributed by atoms with van der Waals surface area (Å²) in [5.41, 5.74) is 0.476. The Kier molecular flexibility index (Phi) is 6.30. The van der Waals surface area contributed by atoms with Crippen molar-refractivity contribution in [3.8, 4) is 0 Å². The summed E-state index contributed by atoms with van der Waals surface area (Å²) in [6, 6.07) is 4.80. The molecule has 0 radical (unpaired) electrons. The molecule has 0 aliphatic carbocycles. The number of amides is 3. The molecule has 0 aromatic heterocycles. The van der Waals surface area contributed by atoms with Gasteiger partial charge in [-0.2, -0.15) is 0 Å². The lowest BCUT2D eigenvalue weighted by molar-refractivity contribution is -0.121. The van der Waals surface area contributed by atoms with Crippen LogP contribution >= 0.6 is 0 Å². The quantitative estimate of drug-likeness (QED) is 0.779. The van der Waals surface area contributed by atoms with Crippen LogP contribution in [0.1, 0.15) is 39.3 Å². The third kappa shape index (κ3) is 5.51. The van der Waals surface area contributed by atoms with Crippen LogP contribution in [-0.2, 0) is 4.79 Å². The Balaban J connectivity index is 2.56. The standard InChI is InChI=1S/C15H22FN3O2/c1-9(2)17-15(21)19-14(20)11(4)18-10(3)12-7-5-6-8-13(12)16/h5-11,18H,1-4H3,(H2,17,19,20,21). The maximum atomic E-state index is 13.6. The van der Waals surface area contributed by atoms with Crippen LogP contribution in [0.2, 0.25) is 0 Å². The molecule has 1 aromatic carbocycles. The van der Waals surface area contributed by atoms with Crippen LogP contribution in [0.4, 0.5) is 9.18 Å². The van der Waals surface area contributed by atoms with Crippen molar-refractivity contribution in [3.63, 3.8) is 0 Å². The predicted octanol–water partition coefficient (Wildman–Crippen LogP) is 2.10. The van der Waals surface area contributed by atoms with Gasteiger partial charge in [0.05, 0.1) is 6.04 Å². The summed E-state index contributed by atoms with van der Waals surface area (Å²) in [6.45, 7) is 6.98. The molecule has 0 heterocycles. The summed E-state index contributed by atoms with van der Waals surface area (Å²) in [5, 5.41) is 7.76. The zero-order chi connectivity index (χ0) is 16.0. The molecule has 0 spiro atoms. The van der Waals surface area contributed by atoms with Gasteiger partial charge in [-0.3, -0.25) is 15.4 Å². The van der Waals surface area contributed by atoms with Crippen LogP contribution in [0.5, 0.6) is 0 Å². The van der Waals surface area contributed by atoms with Gasteiger partial charge in [0.2, 0.25) is 5.91 Å². The second kappa shape index (κ2) is 7.73. The summed E-state index contributed by atoms with van der Waals surface area (Å²) in [4.78, 5) is 23.3. The Hall–Kier alpha value is -1.95. The zero-order valence-electron chi connectivity index (χ0n) is 12.7. The highest BCUT2D eigenvalue weighted by Gasteiger charge is 2.19. The normalized spacial score (nSPS) is 13.6. The summed E-state index contributed by atoms with van der Waals surface area (Å²) in [7, 11) is 0. The number of nitrogens with one attached hydrogen (secondary N) is 3. The number of rotatable bonds is 5. The maximum Gasteiger partial charge on any atom is 0.321 e. The second-order valence-corrected chi connectivity index (χ2v) is 5.25. The molecule has 0 saturated carbocycles. The lowest BCUT2D eigenvalue weighted by Crippen LogP contribution is -2.49. The maximum absolute atomic E-state index is 13.6. The average molecular weight is 295 g/mol. The van der Waals surface area contributed by atoms with Gasteiger partial charge in [0.1, 0.15) is 5.82 Å². The van der Waals surface area contributed by atoms with Crippen LogP contribution in [0.15, 0.2) is 24.3 Å². The fraction of sp³-hybridized carbons (Fsp3) is 0.467. The van der Waals surface area contributed by atoms with Gasteiger partial charge in [0.25, 0.3) is 0 Å². The van der Waals surface area contributed by atoms with Crippen LogP contribution in [0.25, 0.3) is 0 Å². The van der Waals surface area contributed by atoms with Gasteiger partial charge in [0, 0.05) is 17.6 Å². The monoisotopic (exact) mass is 295 g/mol. The lowest BCUT2D eigenvalue weighted by atomic mass is 10.1. The molecule has 0 bridgehead atoms. The van der Waals surface area contributed by atoms with E-state index in [-0.39, 0.29) is 17.9 Å². The first kappa shape index (κ1) is 17.1. The van der Waals surface area contributed by atoms with Gasteiger partial charge in [0.15, 0.2) is 0 Å². The summed E-state index contributed by atoms with van der Waals surface area (Å²) >= 11 is 0. The smallest absolute Gasteiger partial charge is 0.321 e. The van der Waals surface area contributed by atoms with Crippen LogP contribution in [-0.4, -0.2) is 24.0 Å². The van der Waals surface area contributed by atoms with E-state index in [1.54, 1.807) is 45.9 Å². The van der Waals surface area contributed by atoms with Gasteiger partial charge in [-0.25, -0.2) is 9.18 Å². The van der Waals surface area contributed by atoms with Crippen molar-refractivity contribution in [3.05, 3.63) is 35.6 Å². The molecule has 0 fully saturated rings. The number of hydrogen-bond acceptors (Lipinski definition) is 3. The van der Waals surface area contributed by atoms with E-state index in [0.29, 0.717) is 5.56 Å². The van der Waals surface area contributed by atoms with Crippen molar-refractivity contribution in [1.29, 1.82) is 0 Å². The first-order chi connectivity index (χ1) is 9.81. The number of halogens is 1. The van der Waals surface area contributed by atoms with E-state index in [9.17, 15) is 14.0 Å². The van der Waals surface area contributed by atoms with Crippen molar-refractivity contribution in [2.75, 3.05) is 0 Å². The second-order valence-electron chi connectivity index (χ2n) is 5.25. The van der Waals surface area contributed by atoms with E-state index in [4.69, 9.17) is 0 Å². The number of benzene rings is 1. The molecule has 5 nitrogen and oxygen atoms in total. The Bertz CT molecular complexity index is 505. The molecule has 1 rings (SSSR count). The highest BCUT2D eigenvalue weighted by atomic mass is 19.1. The molecule has 2 unspecified atom stereocenters. The molecule has 21 heavy (non-hydrogen) atoms. The molecule has 3 amide bonds. The minimum Gasteiger partial charge on any atom is -0.336 e. The van der Waals surface area contributed by atoms with Crippen LogP contribution < -0.4 is 16.0 Å². The predicted molar refractivity (Wildman–Crippen MR) is 79.2 cm³/mol. The van der Waals surface area contributed by atoms with Crippen molar-refractivity contribution in [2.45, 2.75) is 45.8 Å². The van der Waals surface area contributed by atoms with Crippen molar-refractivity contribution < 1.29 is 14.0 Å². The third-order valence-electron chi connectivity index (χ3n) is 2.92. The molecule has 6 heteroatoms. The molecule has 1 aromatic rings. The molecular formula is C15H22FN3O2. The Labute approximate surface area is 124 Å². The van der Waals surface area contributed by atoms with E-state index in [2.05, 4.69) is 16.0 Å². The van der Waals surface area contributed by atoms with Crippen molar-refractivity contribution >= 4 is 11.9 Å². The molecule has 0 saturated heterocycles. The fourth-order valence-corrected chi connectivity index (χ4v) is 1.89. The van der Waals surface area contributed by atoms with Crippen molar-refractivity contribution in [1.82, 2.24) is 16.0 Å². The summed E-state index contributed by atoms with van der Waals surface area (Å²) < 4.78 is 13.6. The van der Waals surface area contributed by atoms with Gasteiger partial charge in [-0.05, 0) is 33.8 Å². The highest BCUT2D eigenvalue weighted by molar-refractivity contribution is 5.96. The lowest BCUT2D eigenvalue weighted by Gasteiger charge is -2.20. The number of carbonyl (C=O) groups excluding carboxylic acids is 2. The first-order valence-electron chi connectivity index (χ1n) is 6.93. The van der Waals surface area contributed by atoms with E-state index in [1.165, 1.54) is 6.07 Å². The largest absolute Gasteiger partial charge is 0.336 e. The molecule has 2 atom stereocenters. The van der Waals surface area contributed by atoms with E-state index < -0.39 is 18.0 Å². The zero-order valence-corrected chi connectivity index (χ0v) is 12.7. The Morgan fingerprint density at radius 1 is 1.10 bits per heavy atom. The van der Waals surface area contributed by atoms with Gasteiger partial charge < -0.3 is 5.32 Å². The molecule has 0 aliphatic rings. The van der Waals surface area contributed by atoms with E-state index in [1.807, 2.05) is 0 Å². The Morgan fingerprint density at radius 2 is 1.71 bits per heavy atom. The van der Waals surface area contributed by atoms with E-state index >= 15 is 0 Å². The molecule has 0 aliphatic heterocycles. The first-order valence-corrected chi connectivity index (χ1v) is 6.93. The number of carbonyl (C=O) groups is 2.